The van der Waals surface area contributed by atoms with Crippen molar-refractivity contribution in [3.05, 3.63) is 12.7 Å². The maximum Gasteiger partial charge on any atom is 0.316 e. The van der Waals surface area contributed by atoms with E-state index in [-0.39, 0.29) is 5.97 Å². The number of hydrogen-bond donors (Lipinski definition) is 0. The largest absolute Gasteiger partial charge is 0.522 e. The molecule has 0 aromatic heterocycles. The lowest BCUT2D eigenvalue weighted by Crippen LogP contribution is -2.04. The molecule has 0 heterocycles. The average molecular weight is 273 g/mol. The van der Waals surface area contributed by atoms with Crippen molar-refractivity contribution in [1.82, 2.24) is 0 Å². The fourth-order valence-electron chi connectivity index (χ4n) is 0.937. The van der Waals surface area contributed by atoms with E-state index in [9.17, 15) is 4.79 Å². The molecule has 0 aromatic rings. The van der Waals surface area contributed by atoms with Crippen LogP contribution in [-0.2, 0) is 9.22 Å². The van der Waals surface area contributed by atoms with Gasteiger partial charge < -0.3 is 4.43 Å². The number of carbonyl (C=O) groups excluding carboxylic acids is 1. The van der Waals surface area contributed by atoms with Crippen LogP contribution in [0.1, 0.15) is 60.3 Å². The van der Waals surface area contributed by atoms with E-state index < -0.39 is 9.76 Å². The van der Waals surface area contributed by atoms with Crippen LogP contribution in [0, 0.1) is 11.8 Å². The van der Waals surface area contributed by atoms with E-state index in [0.29, 0.717) is 0 Å². The molecule has 2 nitrogen and oxygen atoms in total. The molecule has 108 valence electrons. The van der Waals surface area contributed by atoms with Crippen LogP contribution in [0.15, 0.2) is 12.7 Å². The smallest absolute Gasteiger partial charge is 0.316 e. The lowest BCUT2D eigenvalue weighted by atomic mass is 10.0. The molecule has 0 saturated heterocycles. The molecule has 0 atom stereocenters. The molecular formula is C15H32O2Si. The molecule has 0 saturated carbocycles. The summed E-state index contributed by atoms with van der Waals surface area (Å²) in [5.41, 5.74) is 0. The van der Waals surface area contributed by atoms with Crippen LogP contribution in [0.4, 0.5) is 0 Å². The van der Waals surface area contributed by atoms with Gasteiger partial charge in [0.25, 0.3) is 0 Å². The maximum atomic E-state index is 10.6. The van der Waals surface area contributed by atoms with Crippen molar-refractivity contribution in [3.8, 4) is 0 Å². The maximum absolute atomic E-state index is 10.6. The van der Waals surface area contributed by atoms with Gasteiger partial charge in [0.1, 0.15) is 0 Å². The zero-order valence-corrected chi connectivity index (χ0v) is 14.4. The van der Waals surface area contributed by atoms with Gasteiger partial charge in [-0.2, -0.15) is 0 Å². The number of carbonyl (C=O) groups is 1. The summed E-state index contributed by atoms with van der Waals surface area (Å²) in [6.07, 6.45) is 6.27. The molecule has 0 aliphatic heterocycles. The van der Waals surface area contributed by atoms with Gasteiger partial charge in [-0.25, -0.2) is 4.79 Å². The minimum Gasteiger partial charge on any atom is -0.522 e. The predicted molar refractivity (Wildman–Crippen MR) is 83.5 cm³/mol. The molecular weight excluding hydrogens is 240 g/mol. The normalized spacial score (nSPS) is 10.6. The van der Waals surface area contributed by atoms with E-state index in [1.165, 1.54) is 31.8 Å². The molecule has 0 aliphatic rings. The first kappa shape index (κ1) is 19.8. The topological polar surface area (TPSA) is 26.3 Å². The van der Waals surface area contributed by atoms with Crippen LogP contribution in [-0.4, -0.2) is 15.7 Å². The Balaban J connectivity index is 0. The molecule has 0 amide bonds. The first-order valence-electron chi connectivity index (χ1n) is 7.24. The van der Waals surface area contributed by atoms with Crippen LogP contribution in [0.2, 0.25) is 6.04 Å². The van der Waals surface area contributed by atoms with E-state index in [1.807, 2.05) is 0 Å². The number of hydrogen-bond acceptors (Lipinski definition) is 2. The van der Waals surface area contributed by atoms with Crippen LogP contribution in [0.25, 0.3) is 0 Å². The zero-order chi connectivity index (χ0) is 14.4. The van der Waals surface area contributed by atoms with Crippen molar-refractivity contribution in [3.63, 3.8) is 0 Å². The highest BCUT2D eigenvalue weighted by atomic mass is 28.2. The summed E-state index contributed by atoms with van der Waals surface area (Å²) in [5.74, 6) is 1.45. The number of unbranched alkanes of at least 4 members (excludes halogenated alkanes) is 3. The summed E-state index contributed by atoms with van der Waals surface area (Å²) in [4.78, 5) is 10.6. The van der Waals surface area contributed by atoms with Gasteiger partial charge in [-0.15, -0.1) is 0 Å². The Hall–Kier alpha value is -0.573. The first-order chi connectivity index (χ1) is 8.45. The second kappa shape index (κ2) is 14.5. The van der Waals surface area contributed by atoms with E-state index in [2.05, 4.69) is 41.2 Å². The van der Waals surface area contributed by atoms with E-state index >= 15 is 0 Å². The lowest BCUT2D eigenvalue weighted by molar-refractivity contribution is -0.128. The summed E-state index contributed by atoms with van der Waals surface area (Å²) in [6.45, 7) is 14.5. The molecule has 0 fully saturated rings. The van der Waals surface area contributed by atoms with Crippen molar-refractivity contribution < 1.29 is 9.22 Å². The Kier molecular flexibility index (Phi) is 15.9. The van der Waals surface area contributed by atoms with Crippen molar-refractivity contribution >= 4 is 15.7 Å². The molecule has 3 heteroatoms. The fraction of sp³-hybridized carbons (Fsp3) is 0.800. The fourth-order valence-corrected chi connectivity index (χ4v) is 1.96. The highest BCUT2D eigenvalue weighted by Gasteiger charge is 1.96. The summed E-state index contributed by atoms with van der Waals surface area (Å²) in [7, 11) is -0.596. The third kappa shape index (κ3) is 17.8. The summed E-state index contributed by atoms with van der Waals surface area (Å²) < 4.78 is 4.95. The van der Waals surface area contributed by atoms with Gasteiger partial charge in [0.2, 0.25) is 9.76 Å². The predicted octanol–water partition coefficient (Wildman–Crippen LogP) is 4.10. The summed E-state index contributed by atoms with van der Waals surface area (Å²) >= 11 is 0. The molecule has 0 bridgehead atoms. The average Bonchev–Trinajstić information content (AvgIpc) is 2.33. The molecule has 0 spiro atoms. The van der Waals surface area contributed by atoms with Crippen molar-refractivity contribution in [2.45, 2.75) is 66.3 Å². The SMILES string of the molecule is C=CC(=O)O[SiH2]CCCCCC.CC(C)C(C)C. The van der Waals surface area contributed by atoms with E-state index in [4.69, 9.17) is 4.43 Å². The molecule has 0 radical (unpaired) electrons. The van der Waals surface area contributed by atoms with Gasteiger partial charge in [0, 0.05) is 6.08 Å². The second-order valence-corrected chi connectivity index (χ2v) is 6.68. The zero-order valence-electron chi connectivity index (χ0n) is 13.0. The molecule has 0 N–H and O–H groups in total. The van der Waals surface area contributed by atoms with Crippen molar-refractivity contribution in [2.75, 3.05) is 0 Å². The minimum absolute atomic E-state index is 0.253. The molecule has 0 aromatic carbocycles. The standard InChI is InChI=1S/C9H18O2Si.C6H14/c1-3-5-6-7-8-12-11-9(10)4-2;1-5(2)6(3)4/h4H,2-3,5-8,12H2,1H3;5-6H,1-4H3. The van der Waals surface area contributed by atoms with Crippen molar-refractivity contribution in [1.29, 1.82) is 0 Å². The van der Waals surface area contributed by atoms with Gasteiger partial charge in [-0.05, 0) is 17.9 Å². The van der Waals surface area contributed by atoms with E-state index in [0.717, 1.165) is 17.9 Å². The third-order valence-electron chi connectivity index (χ3n) is 2.99. The van der Waals surface area contributed by atoms with Gasteiger partial charge >= 0.3 is 5.97 Å². The molecule has 0 rings (SSSR count). The first-order valence-corrected chi connectivity index (χ1v) is 8.82. The Morgan fingerprint density at radius 3 is 2.11 bits per heavy atom. The highest BCUT2D eigenvalue weighted by molar-refractivity contribution is 6.30. The quantitative estimate of drug-likeness (QED) is 0.378. The van der Waals surface area contributed by atoms with Gasteiger partial charge in [-0.3, -0.25) is 0 Å². The Morgan fingerprint density at radius 1 is 1.17 bits per heavy atom. The highest BCUT2D eigenvalue weighted by Crippen LogP contribution is 2.05. The summed E-state index contributed by atoms with van der Waals surface area (Å²) in [6, 6.07) is 1.11. The molecule has 18 heavy (non-hydrogen) atoms. The van der Waals surface area contributed by atoms with Crippen LogP contribution >= 0.6 is 0 Å². The Bertz CT molecular complexity index is 195. The van der Waals surface area contributed by atoms with Crippen LogP contribution in [0.3, 0.4) is 0 Å². The van der Waals surface area contributed by atoms with Gasteiger partial charge in [-0.1, -0.05) is 66.9 Å². The van der Waals surface area contributed by atoms with Crippen LogP contribution < -0.4 is 0 Å². The van der Waals surface area contributed by atoms with Crippen molar-refractivity contribution in [2.24, 2.45) is 11.8 Å². The minimum atomic E-state index is -0.596. The Labute approximate surface area is 116 Å². The van der Waals surface area contributed by atoms with Crippen LogP contribution in [0.5, 0.6) is 0 Å². The Morgan fingerprint density at radius 2 is 1.72 bits per heavy atom. The number of rotatable bonds is 8. The second-order valence-electron chi connectivity index (χ2n) is 5.27. The molecule has 0 unspecified atom stereocenters. The lowest BCUT2D eigenvalue weighted by Gasteiger charge is -2.05. The van der Waals surface area contributed by atoms with Gasteiger partial charge in [0.05, 0.1) is 0 Å². The monoisotopic (exact) mass is 272 g/mol. The van der Waals surface area contributed by atoms with Gasteiger partial charge in [0.15, 0.2) is 0 Å². The summed E-state index contributed by atoms with van der Waals surface area (Å²) in [5, 5.41) is 0. The third-order valence-corrected chi connectivity index (χ3v) is 4.27. The molecule has 0 aliphatic carbocycles. The van der Waals surface area contributed by atoms with E-state index in [1.54, 1.807) is 0 Å².